The summed E-state index contributed by atoms with van der Waals surface area (Å²) in [5, 5.41) is 7.01. The van der Waals surface area contributed by atoms with Gasteiger partial charge in [-0.05, 0) is 47.5 Å². The molecule has 2 aromatic carbocycles. The van der Waals surface area contributed by atoms with Crippen LogP contribution in [0.2, 0.25) is 0 Å². The lowest BCUT2D eigenvalue weighted by Gasteiger charge is -2.03. The standard InChI is InChI=1S/C21H20N2O4S/c1-3-27-20(25)12-17-13-28-21(22-17)23-19(24)9-5-14-4-6-16-11-18(26-2)8-7-15(16)10-14/h4-11,13H,3,12H2,1-2H3,(H,22,23,24)/b9-5+. The molecule has 0 bridgehead atoms. The SMILES string of the molecule is CCOC(=O)Cc1csc(NC(=O)/C=C/c2ccc3cc(OC)ccc3c2)n1. The molecule has 0 radical (unpaired) electrons. The van der Waals surface area contributed by atoms with Gasteiger partial charge in [0.1, 0.15) is 5.75 Å². The molecule has 1 aromatic heterocycles. The van der Waals surface area contributed by atoms with Crippen molar-refractivity contribution in [2.75, 3.05) is 19.0 Å². The van der Waals surface area contributed by atoms with E-state index in [9.17, 15) is 9.59 Å². The Labute approximate surface area is 166 Å². The highest BCUT2D eigenvalue weighted by Crippen LogP contribution is 2.22. The van der Waals surface area contributed by atoms with E-state index in [0.29, 0.717) is 17.4 Å². The van der Waals surface area contributed by atoms with Gasteiger partial charge >= 0.3 is 5.97 Å². The van der Waals surface area contributed by atoms with Crippen molar-refractivity contribution in [3.63, 3.8) is 0 Å². The Bertz CT molecular complexity index is 1030. The maximum atomic E-state index is 12.1. The van der Waals surface area contributed by atoms with E-state index < -0.39 is 0 Å². The van der Waals surface area contributed by atoms with Gasteiger partial charge in [0, 0.05) is 11.5 Å². The van der Waals surface area contributed by atoms with Crippen molar-refractivity contribution >= 4 is 45.2 Å². The molecule has 0 saturated heterocycles. The molecule has 1 heterocycles. The Morgan fingerprint density at radius 2 is 1.96 bits per heavy atom. The van der Waals surface area contributed by atoms with Crippen LogP contribution in [0.5, 0.6) is 5.75 Å². The number of thiazole rings is 1. The van der Waals surface area contributed by atoms with Crippen LogP contribution in [-0.2, 0) is 20.7 Å². The molecule has 0 aliphatic carbocycles. The fraction of sp³-hybridized carbons (Fsp3) is 0.190. The number of carbonyl (C=O) groups excluding carboxylic acids is 2. The third-order valence-electron chi connectivity index (χ3n) is 3.91. The number of nitrogens with one attached hydrogen (secondary N) is 1. The van der Waals surface area contributed by atoms with Crippen LogP contribution >= 0.6 is 11.3 Å². The highest BCUT2D eigenvalue weighted by molar-refractivity contribution is 7.14. The quantitative estimate of drug-likeness (QED) is 0.481. The van der Waals surface area contributed by atoms with E-state index in [0.717, 1.165) is 22.1 Å². The molecule has 0 unspecified atom stereocenters. The minimum absolute atomic E-state index is 0.0952. The molecule has 0 aliphatic heterocycles. The second-order valence-electron chi connectivity index (χ2n) is 5.92. The average molecular weight is 396 g/mol. The Morgan fingerprint density at radius 3 is 2.75 bits per heavy atom. The molecule has 28 heavy (non-hydrogen) atoms. The summed E-state index contributed by atoms with van der Waals surface area (Å²) in [5.74, 6) is 0.187. The second-order valence-corrected chi connectivity index (χ2v) is 6.78. The summed E-state index contributed by atoms with van der Waals surface area (Å²) in [6.07, 6.45) is 3.29. The predicted octanol–water partition coefficient (Wildman–Crippen LogP) is 4.06. The Balaban J connectivity index is 1.61. The van der Waals surface area contributed by atoms with Crippen LogP contribution in [0.15, 0.2) is 47.9 Å². The normalized spacial score (nSPS) is 10.9. The number of esters is 1. The van der Waals surface area contributed by atoms with Gasteiger partial charge in [0.2, 0.25) is 5.91 Å². The molecule has 0 saturated carbocycles. The average Bonchev–Trinajstić information content (AvgIpc) is 3.12. The van der Waals surface area contributed by atoms with Gasteiger partial charge in [0.15, 0.2) is 5.13 Å². The molecule has 144 valence electrons. The van der Waals surface area contributed by atoms with E-state index >= 15 is 0 Å². The molecule has 3 aromatic rings. The van der Waals surface area contributed by atoms with E-state index in [-0.39, 0.29) is 18.3 Å². The van der Waals surface area contributed by atoms with Crippen molar-refractivity contribution in [2.24, 2.45) is 0 Å². The molecule has 0 aliphatic rings. The van der Waals surface area contributed by atoms with Gasteiger partial charge in [-0.2, -0.15) is 0 Å². The van der Waals surface area contributed by atoms with Crippen molar-refractivity contribution in [3.8, 4) is 5.75 Å². The fourth-order valence-electron chi connectivity index (χ4n) is 2.60. The summed E-state index contributed by atoms with van der Waals surface area (Å²) in [6, 6.07) is 11.8. The van der Waals surface area contributed by atoms with Crippen molar-refractivity contribution < 1.29 is 19.1 Å². The molecule has 1 amide bonds. The molecule has 6 nitrogen and oxygen atoms in total. The monoisotopic (exact) mass is 396 g/mol. The van der Waals surface area contributed by atoms with Crippen molar-refractivity contribution in [1.82, 2.24) is 4.98 Å². The Kier molecular flexibility index (Phi) is 6.39. The zero-order chi connectivity index (χ0) is 19.9. The van der Waals surface area contributed by atoms with Crippen LogP contribution < -0.4 is 10.1 Å². The third-order valence-corrected chi connectivity index (χ3v) is 4.72. The fourth-order valence-corrected chi connectivity index (χ4v) is 3.31. The van der Waals surface area contributed by atoms with Crippen LogP contribution in [0, 0.1) is 0 Å². The summed E-state index contributed by atoms with van der Waals surface area (Å²) in [5.41, 5.74) is 1.49. The van der Waals surface area contributed by atoms with Gasteiger partial charge in [-0.1, -0.05) is 18.2 Å². The van der Waals surface area contributed by atoms with Gasteiger partial charge in [0.05, 0.1) is 25.8 Å². The van der Waals surface area contributed by atoms with Gasteiger partial charge in [-0.3, -0.25) is 14.9 Å². The number of carbonyl (C=O) groups is 2. The summed E-state index contributed by atoms with van der Waals surface area (Å²) >= 11 is 1.27. The third kappa shape index (κ3) is 5.17. The smallest absolute Gasteiger partial charge is 0.311 e. The number of rotatable bonds is 7. The zero-order valence-corrected chi connectivity index (χ0v) is 16.4. The molecular formula is C21H20N2O4S. The summed E-state index contributed by atoms with van der Waals surface area (Å²) < 4.78 is 10.1. The first kappa shape index (κ1) is 19.6. The topological polar surface area (TPSA) is 77.5 Å². The molecule has 0 spiro atoms. The molecule has 0 fully saturated rings. The number of anilines is 1. The lowest BCUT2D eigenvalue weighted by molar-refractivity contribution is -0.142. The minimum Gasteiger partial charge on any atom is -0.497 e. The number of aromatic nitrogens is 1. The lowest BCUT2D eigenvalue weighted by atomic mass is 10.1. The number of amides is 1. The van der Waals surface area contributed by atoms with Gasteiger partial charge < -0.3 is 9.47 Å². The largest absolute Gasteiger partial charge is 0.497 e. The van der Waals surface area contributed by atoms with Crippen molar-refractivity contribution in [2.45, 2.75) is 13.3 Å². The van der Waals surface area contributed by atoms with Crippen molar-refractivity contribution in [3.05, 3.63) is 59.1 Å². The number of hydrogen-bond acceptors (Lipinski definition) is 6. The van der Waals surface area contributed by atoms with E-state index in [2.05, 4.69) is 10.3 Å². The number of benzene rings is 2. The number of nitrogens with zero attached hydrogens (tertiary/aromatic N) is 1. The molecule has 1 N–H and O–H groups in total. The maximum Gasteiger partial charge on any atom is 0.311 e. The van der Waals surface area contributed by atoms with E-state index in [1.807, 2.05) is 36.4 Å². The first-order valence-corrected chi connectivity index (χ1v) is 9.62. The van der Waals surface area contributed by atoms with Gasteiger partial charge in [-0.15, -0.1) is 11.3 Å². The highest BCUT2D eigenvalue weighted by Gasteiger charge is 2.09. The number of methoxy groups -OCH3 is 1. The first-order chi connectivity index (χ1) is 13.6. The summed E-state index contributed by atoms with van der Waals surface area (Å²) in [7, 11) is 1.64. The molecule has 7 heteroatoms. The molecule has 3 rings (SSSR count). The summed E-state index contributed by atoms with van der Waals surface area (Å²) in [4.78, 5) is 27.8. The summed E-state index contributed by atoms with van der Waals surface area (Å²) in [6.45, 7) is 2.09. The van der Waals surface area contributed by atoms with Gasteiger partial charge in [-0.25, -0.2) is 4.98 Å². The number of hydrogen-bond donors (Lipinski definition) is 1. The predicted molar refractivity (Wildman–Crippen MR) is 111 cm³/mol. The van der Waals surface area contributed by atoms with Crippen molar-refractivity contribution in [1.29, 1.82) is 0 Å². The number of fused-ring (bicyclic) bond motifs is 1. The van der Waals surface area contributed by atoms with Crippen LogP contribution in [0.1, 0.15) is 18.2 Å². The zero-order valence-electron chi connectivity index (χ0n) is 15.6. The Hall–Kier alpha value is -3.19. The van der Waals surface area contributed by atoms with E-state index in [4.69, 9.17) is 9.47 Å². The van der Waals surface area contributed by atoms with Gasteiger partial charge in [0.25, 0.3) is 0 Å². The Morgan fingerprint density at radius 1 is 1.18 bits per heavy atom. The lowest BCUT2D eigenvalue weighted by Crippen LogP contribution is -2.09. The highest BCUT2D eigenvalue weighted by atomic mass is 32.1. The van der Waals surface area contributed by atoms with E-state index in [1.54, 1.807) is 25.5 Å². The maximum absolute atomic E-state index is 12.1. The second kappa shape index (κ2) is 9.14. The van der Waals surface area contributed by atoms with Crippen LogP contribution in [0.25, 0.3) is 16.8 Å². The van der Waals surface area contributed by atoms with Crippen LogP contribution in [0.3, 0.4) is 0 Å². The van der Waals surface area contributed by atoms with Crippen LogP contribution in [0.4, 0.5) is 5.13 Å². The van der Waals surface area contributed by atoms with Crippen LogP contribution in [-0.4, -0.2) is 30.6 Å². The molecule has 0 atom stereocenters. The molecular weight excluding hydrogens is 376 g/mol. The first-order valence-electron chi connectivity index (χ1n) is 8.74. The number of ether oxygens (including phenoxy) is 2. The minimum atomic E-state index is -0.334. The van der Waals surface area contributed by atoms with E-state index in [1.165, 1.54) is 17.4 Å².